The van der Waals surface area contributed by atoms with Gasteiger partial charge in [0.1, 0.15) is 0 Å². The van der Waals surface area contributed by atoms with E-state index < -0.39 is 0 Å². The Labute approximate surface area is 169 Å². The van der Waals surface area contributed by atoms with E-state index in [9.17, 15) is 0 Å². The monoisotopic (exact) mass is 393 g/mol. The Balaban J connectivity index is 1.36. The Kier molecular flexibility index (Phi) is 4.18. The summed E-state index contributed by atoms with van der Waals surface area (Å²) in [5.41, 5.74) is 11.7. The van der Waals surface area contributed by atoms with Crippen LogP contribution in [0.2, 0.25) is 5.02 Å². The number of fused-ring (bicyclic) bond motifs is 2. The molecule has 3 saturated carbocycles. The van der Waals surface area contributed by atoms with E-state index in [-0.39, 0.29) is 0 Å². The van der Waals surface area contributed by atoms with E-state index in [1.807, 2.05) is 12.1 Å². The van der Waals surface area contributed by atoms with Gasteiger partial charge in [-0.1, -0.05) is 18.2 Å². The number of nitrogens with two attached hydrogens (primary N) is 1. The highest BCUT2D eigenvalue weighted by Gasteiger charge is 2.51. The van der Waals surface area contributed by atoms with E-state index in [1.54, 1.807) is 12.4 Å². The number of halogens is 1. The maximum Gasteiger partial charge on any atom is 0.0901 e. The Morgan fingerprint density at radius 2 is 2.14 bits per heavy atom. The van der Waals surface area contributed by atoms with Crippen LogP contribution >= 0.6 is 11.6 Å². The molecule has 3 fully saturated rings. The van der Waals surface area contributed by atoms with Crippen LogP contribution in [-0.2, 0) is 13.1 Å². The first-order valence-electron chi connectivity index (χ1n) is 9.82. The Morgan fingerprint density at radius 3 is 2.82 bits per heavy atom. The molecule has 0 saturated heterocycles. The molecule has 2 bridgehead atoms. The molecule has 0 atom stereocenters. The van der Waals surface area contributed by atoms with Gasteiger partial charge < -0.3 is 16.0 Å². The quantitative estimate of drug-likeness (QED) is 0.574. The lowest BCUT2D eigenvalue weighted by atomic mass is 9.68. The van der Waals surface area contributed by atoms with Gasteiger partial charge in [-0.2, -0.15) is 0 Å². The van der Waals surface area contributed by atoms with E-state index in [0.29, 0.717) is 17.0 Å². The van der Waals surface area contributed by atoms with Crippen molar-refractivity contribution >= 4 is 22.5 Å². The summed E-state index contributed by atoms with van der Waals surface area (Å²) >= 11 is 6.52. The minimum Gasteiger partial charge on any atom is -0.383 e. The summed E-state index contributed by atoms with van der Waals surface area (Å²) in [6.07, 6.45) is 8.70. The first kappa shape index (κ1) is 17.7. The largest absolute Gasteiger partial charge is 0.383 e. The first-order valence-corrected chi connectivity index (χ1v) is 10.2. The number of hydrogen-bond donors (Lipinski definition) is 3. The second-order valence-corrected chi connectivity index (χ2v) is 8.64. The molecule has 0 radical (unpaired) electrons. The van der Waals surface area contributed by atoms with Crippen LogP contribution < -0.4 is 11.1 Å². The number of H-pyrrole nitrogens is 1. The van der Waals surface area contributed by atoms with Gasteiger partial charge in [0.05, 0.1) is 35.3 Å². The highest BCUT2D eigenvalue weighted by atomic mass is 35.5. The fourth-order valence-electron chi connectivity index (χ4n) is 4.82. The normalized spacial score (nSPS) is 23.0. The number of rotatable bonds is 6. The molecule has 3 aliphatic rings. The molecule has 0 unspecified atom stereocenters. The summed E-state index contributed by atoms with van der Waals surface area (Å²) in [7, 11) is 0. The SMILES string of the molecule is C=C(NCc1cc2cc(Cl)c(-c3cnc(CN)cn3)cc2[nH]1)C12CCC(C1)C2. The van der Waals surface area contributed by atoms with Crippen molar-refractivity contribution in [2.24, 2.45) is 17.1 Å². The molecule has 2 heterocycles. The molecule has 2 aromatic heterocycles. The van der Waals surface area contributed by atoms with Gasteiger partial charge in [0.2, 0.25) is 0 Å². The topological polar surface area (TPSA) is 79.6 Å². The molecule has 6 heteroatoms. The second-order valence-electron chi connectivity index (χ2n) is 8.24. The average Bonchev–Trinajstić information content (AvgIpc) is 3.39. The minimum absolute atomic E-state index is 0.363. The van der Waals surface area contributed by atoms with Crippen LogP contribution in [0, 0.1) is 11.3 Å². The van der Waals surface area contributed by atoms with Gasteiger partial charge in [0, 0.05) is 39.8 Å². The van der Waals surface area contributed by atoms with E-state index in [2.05, 4.69) is 32.9 Å². The fourth-order valence-corrected chi connectivity index (χ4v) is 5.09. The molecule has 144 valence electrons. The number of hydrogen-bond acceptors (Lipinski definition) is 4. The summed E-state index contributed by atoms with van der Waals surface area (Å²) < 4.78 is 0. The number of aromatic nitrogens is 3. The third-order valence-corrected chi connectivity index (χ3v) is 6.79. The molecular weight excluding hydrogens is 370 g/mol. The van der Waals surface area contributed by atoms with Crippen LogP contribution in [0.3, 0.4) is 0 Å². The summed E-state index contributed by atoms with van der Waals surface area (Å²) in [5.74, 6) is 0.939. The molecule has 0 aliphatic heterocycles. The smallest absolute Gasteiger partial charge is 0.0901 e. The Hall–Kier alpha value is -2.37. The maximum atomic E-state index is 6.52. The van der Waals surface area contributed by atoms with Crippen LogP contribution in [-0.4, -0.2) is 15.0 Å². The molecular formula is C22H24ClN5. The predicted molar refractivity (Wildman–Crippen MR) is 113 cm³/mol. The lowest BCUT2D eigenvalue weighted by molar-refractivity contribution is 0.181. The van der Waals surface area contributed by atoms with Crippen molar-refractivity contribution in [1.29, 1.82) is 0 Å². The van der Waals surface area contributed by atoms with Gasteiger partial charge >= 0.3 is 0 Å². The van der Waals surface area contributed by atoms with Crippen molar-refractivity contribution in [3.63, 3.8) is 0 Å². The zero-order valence-electron chi connectivity index (χ0n) is 15.8. The molecule has 4 N–H and O–H groups in total. The highest BCUT2D eigenvalue weighted by molar-refractivity contribution is 6.34. The number of nitrogens with zero attached hydrogens (tertiary/aromatic N) is 2. The molecule has 3 aliphatic carbocycles. The molecule has 0 amide bonds. The van der Waals surface area contributed by atoms with Gasteiger partial charge in [-0.05, 0) is 49.8 Å². The van der Waals surface area contributed by atoms with Crippen molar-refractivity contribution in [2.45, 2.75) is 38.8 Å². The van der Waals surface area contributed by atoms with Crippen LogP contribution in [0.15, 0.2) is 42.9 Å². The van der Waals surface area contributed by atoms with Crippen molar-refractivity contribution < 1.29 is 0 Å². The highest BCUT2D eigenvalue weighted by Crippen LogP contribution is 2.61. The van der Waals surface area contributed by atoms with Crippen LogP contribution in [0.25, 0.3) is 22.2 Å². The number of nitrogens with one attached hydrogen (secondary N) is 2. The van der Waals surface area contributed by atoms with Gasteiger partial charge in [-0.15, -0.1) is 0 Å². The average molecular weight is 394 g/mol. The van der Waals surface area contributed by atoms with Gasteiger partial charge in [-0.3, -0.25) is 9.97 Å². The maximum absolute atomic E-state index is 6.52. The Bertz CT molecular complexity index is 1040. The molecule has 0 spiro atoms. The van der Waals surface area contributed by atoms with Gasteiger partial charge in [0.15, 0.2) is 0 Å². The third kappa shape index (κ3) is 2.90. The third-order valence-electron chi connectivity index (χ3n) is 6.48. The zero-order chi connectivity index (χ0) is 19.3. The minimum atomic E-state index is 0.363. The molecule has 1 aromatic carbocycles. The van der Waals surface area contributed by atoms with Gasteiger partial charge in [0.25, 0.3) is 0 Å². The summed E-state index contributed by atoms with van der Waals surface area (Å²) in [5, 5.41) is 5.31. The molecule has 28 heavy (non-hydrogen) atoms. The fraction of sp³-hybridized carbons (Fsp3) is 0.364. The standard InChI is InChI=1S/C22H24ClN5/c1-13(22-3-2-14(7-22)8-22)25-10-16-4-15-5-19(23)18(6-20(15)28-16)21-12-26-17(9-24)11-27-21/h4-6,11-12,14,25,28H,1-3,7-10,24H2. The van der Waals surface area contributed by atoms with Gasteiger partial charge in [-0.25, -0.2) is 0 Å². The van der Waals surface area contributed by atoms with Crippen molar-refractivity contribution in [1.82, 2.24) is 20.3 Å². The lowest BCUT2D eigenvalue weighted by Gasteiger charge is -2.40. The van der Waals surface area contributed by atoms with E-state index in [0.717, 1.165) is 46.0 Å². The van der Waals surface area contributed by atoms with E-state index in [4.69, 9.17) is 17.3 Å². The van der Waals surface area contributed by atoms with Crippen molar-refractivity contribution in [3.05, 3.63) is 59.3 Å². The predicted octanol–water partition coefficient (Wildman–Crippen LogP) is 4.53. The molecule has 3 aromatic rings. The number of allylic oxidation sites excluding steroid dienone is 1. The molecule has 5 nitrogen and oxygen atoms in total. The van der Waals surface area contributed by atoms with Crippen LogP contribution in [0.4, 0.5) is 0 Å². The number of aromatic amines is 1. The van der Waals surface area contributed by atoms with E-state index >= 15 is 0 Å². The lowest BCUT2D eigenvalue weighted by Crippen LogP contribution is -2.35. The van der Waals surface area contributed by atoms with E-state index in [1.165, 1.54) is 31.4 Å². The van der Waals surface area contributed by atoms with Crippen molar-refractivity contribution in [3.8, 4) is 11.3 Å². The Morgan fingerprint density at radius 1 is 1.29 bits per heavy atom. The summed E-state index contributed by atoms with van der Waals surface area (Å²) in [6.45, 7) is 5.45. The molecule has 6 rings (SSSR count). The number of benzene rings is 1. The summed E-state index contributed by atoms with van der Waals surface area (Å²) in [4.78, 5) is 12.3. The van der Waals surface area contributed by atoms with Crippen LogP contribution in [0.5, 0.6) is 0 Å². The van der Waals surface area contributed by atoms with Crippen LogP contribution in [0.1, 0.15) is 37.1 Å². The second kappa shape index (κ2) is 6.61. The zero-order valence-corrected chi connectivity index (χ0v) is 16.5. The first-order chi connectivity index (χ1) is 13.6. The van der Waals surface area contributed by atoms with Crippen molar-refractivity contribution in [2.75, 3.05) is 0 Å². The summed E-state index contributed by atoms with van der Waals surface area (Å²) in [6, 6.07) is 6.16.